The molecule has 0 saturated carbocycles. The summed E-state index contributed by atoms with van der Waals surface area (Å²) < 4.78 is 51.5. The molecular weight excluding hydrogens is 230 g/mol. The van der Waals surface area contributed by atoms with Gasteiger partial charge in [0.1, 0.15) is 18.6 Å². The monoisotopic (exact) mass is 235 g/mol. The van der Waals surface area contributed by atoms with E-state index >= 15 is 0 Å². The predicted octanol–water partition coefficient (Wildman–Crippen LogP) is 1.90. The number of ether oxygens (including phenoxy) is 1. The van der Waals surface area contributed by atoms with Crippen molar-refractivity contribution in [3.05, 3.63) is 17.2 Å². The van der Waals surface area contributed by atoms with Gasteiger partial charge in [-0.3, -0.25) is 0 Å². The molecule has 0 aliphatic heterocycles. The van der Waals surface area contributed by atoms with Crippen LogP contribution in [0.3, 0.4) is 0 Å². The van der Waals surface area contributed by atoms with Gasteiger partial charge in [0.15, 0.2) is 0 Å². The van der Waals surface area contributed by atoms with Crippen LogP contribution >= 0.6 is 0 Å². The van der Waals surface area contributed by atoms with Crippen molar-refractivity contribution in [2.45, 2.75) is 13.0 Å². The number of hydrogen-bond acceptors (Lipinski definition) is 4. The summed E-state index contributed by atoms with van der Waals surface area (Å²) in [5, 5.41) is 8.51. The molecule has 0 fully saturated rings. The third-order valence-corrected chi connectivity index (χ3v) is 1.57. The minimum Gasteiger partial charge on any atom is -0.387 e. The molecule has 2 N–H and O–H groups in total. The third-order valence-electron chi connectivity index (χ3n) is 1.57. The Morgan fingerprint density at radius 3 is 2.56 bits per heavy atom. The molecule has 1 rings (SSSR count). The third kappa shape index (κ3) is 2.73. The average molecular weight is 235 g/mol. The van der Waals surface area contributed by atoms with Crippen molar-refractivity contribution in [2.24, 2.45) is 0 Å². The largest absolute Gasteiger partial charge is 0.574 e. The van der Waals surface area contributed by atoms with Crippen molar-refractivity contribution in [3.63, 3.8) is 0 Å². The minimum absolute atomic E-state index is 0.206. The fourth-order valence-electron chi connectivity index (χ4n) is 0.935. The Morgan fingerprint density at radius 1 is 1.50 bits per heavy atom. The van der Waals surface area contributed by atoms with E-state index in [1.165, 1.54) is 0 Å². The van der Waals surface area contributed by atoms with E-state index < -0.39 is 30.3 Å². The van der Waals surface area contributed by atoms with Crippen LogP contribution in [0.15, 0.2) is 6.07 Å². The van der Waals surface area contributed by atoms with E-state index in [1.807, 2.05) is 0 Å². The van der Waals surface area contributed by atoms with Crippen molar-refractivity contribution in [3.8, 4) is 11.9 Å². The number of rotatable bonds is 2. The lowest BCUT2D eigenvalue weighted by Crippen LogP contribution is -2.19. The number of aromatic nitrogens is 1. The second-order valence-electron chi connectivity index (χ2n) is 2.68. The maximum atomic E-state index is 12.4. The summed E-state index contributed by atoms with van der Waals surface area (Å²) in [5.74, 6) is -1.43. The number of nitrogens with two attached hydrogens (primary N) is 1. The molecule has 0 aliphatic carbocycles. The molecule has 16 heavy (non-hydrogen) atoms. The zero-order valence-electron chi connectivity index (χ0n) is 7.68. The van der Waals surface area contributed by atoms with Crippen LogP contribution in [-0.2, 0) is 6.67 Å². The lowest BCUT2D eigenvalue weighted by Gasteiger charge is -2.11. The molecule has 0 atom stereocenters. The van der Waals surface area contributed by atoms with E-state index in [1.54, 1.807) is 6.07 Å². The van der Waals surface area contributed by atoms with Crippen LogP contribution in [0.2, 0.25) is 0 Å². The second kappa shape index (κ2) is 4.22. The van der Waals surface area contributed by atoms with Crippen molar-refractivity contribution in [2.75, 3.05) is 5.73 Å². The normalized spacial score (nSPS) is 10.9. The highest BCUT2D eigenvalue weighted by Crippen LogP contribution is 2.27. The van der Waals surface area contributed by atoms with Crippen LogP contribution in [0.5, 0.6) is 5.88 Å². The Labute approximate surface area is 87.3 Å². The van der Waals surface area contributed by atoms with Gasteiger partial charge in [-0.25, -0.2) is 4.39 Å². The van der Waals surface area contributed by atoms with Crippen LogP contribution in [0.4, 0.5) is 23.4 Å². The van der Waals surface area contributed by atoms with E-state index in [-0.39, 0.29) is 5.56 Å². The number of halogens is 4. The van der Waals surface area contributed by atoms with Crippen LogP contribution in [0.25, 0.3) is 0 Å². The summed E-state index contributed by atoms with van der Waals surface area (Å²) in [6, 6.07) is 2.43. The maximum absolute atomic E-state index is 12.4. The molecule has 0 bridgehead atoms. The van der Waals surface area contributed by atoms with E-state index in [9.17, 15) is 17.6 Å². The number of alkyl halides is 4. The Kier molecular flexibility index (Phi) is 3.17. The molecule has 0 saturated heterocycles. The highest BCUT2D eigenvalue weighted by molar-refractivity contribution is 5.52. The first-order valence-electron chi connectivity index (χ1n) is 3.88. The van der Waals surface area contributed by atoms with Gasteiger partial charge in [-0.15, -0.1) is 13.2 Å². The van der Waals surface area contributed by atoms with Crippen molar-refractivity contribution in [1.82, 2.24) is 4.98 Å². The first-order valence-corrected chi connectivity index (χ1v) is 3.88. The van der Waals surface area contributed by atoms with Gasteiger partial charge in [-0.1, -0.05) is 0 Å². The van der Waals surface area contributed by atoms with Gasteiger partial charge in [-0.05, 0) is 6.07 Å². The van der Waals surface area contributed by atoms with Gasteiger partial charge in [0, 0.05) is 5.56 Å². The van der Waals surface area contributed by atoms with Gasteiger partial charge in [0.25, 0.3) is 0 Å². The van der Waals surface area contributed by atoms with E-state index in [0.717, 1.165) is 6.07 Å². The van der Waals surface area contributed by atoms with E-state index in [4.69, 9.17) is 11.0 Å². The maximum Gasteiger partial charge on any atom is 0.574 e. The molecule has 0 amide bonds. The van der Waals surface area contributed by atoms with Crippen LogP contribution in [0.1, 0.15) is 11.1 Å². The average Bonchev–Trinajstić information content (AvgIpc) is 2.16. The van der Waals surface area contributed by atoms with Crippen LogP contribution < -0.4 is 10.5 Å². The number of nitrogen functional groups attached to an aromatic ring is 1. The molecule has 0 aromatic carbocycles. The lowest BCUT2D eigenvalue weighted by molar-refractivity contribution is -0.276. The summed E-state index contributed by atoms with van der Waals surface area (Å²) >= 11 is 0. The molecule has 0 radical (unpaired) electrons. The Balaban J connectivity index is 3.20. The van der Waals surface area contributed by atoms with Gasteiger partial charge in [0.05, 0.1) is 5.56 Å². The summed E-state index contributed by atoms with van der Waals surface area (Å²) in [6.45, 7) is -1.24. The molecule has 1 aromatic rings. The number of pyridine rings is 1. The van der Waals surface area contributed by atoms with Crippen molar-refractivity contribution in [1.29, 1.82) is 5.26 Å². The highest BCUT2D eigenvalue weighted by Gasteiger charge is 2.33. The second-order valence-corrected chi connectivity index (χ2v) is 2.68. The zero-order chi connectivity index (χ0) is 12.3. The minimum atomic E-state index is -4.99. The topological polar surface area (TPSA) is 71.9 Å². The molecule has 4 nitrogen and oxygen atoms in total. The van der Waals surface area contributed by atoms with Crippen LogP contribution in [0, 0.1) is 11.3 Å². The predicted molar refractivity (Wildman–Crippen MR) is 44.9 cm³/mol. The first kappa shape index (κ1) is 12.0. The Bertz CT molecular complexity index is 438. The number of nitriles is 1. The van der Waals surface area contributed by atoms with Crippen LogP contribution in [-0.4, -0.2) is 11.3 Å². The first-order chi connectivity index (χ1) is 7.37. The van der Waals surface area contributed by atoms with Gasteiger partial charge < -0.3 is 10.5 Å². The molecule has 0 aliphatic rings. The molecule has 1 aromatic heterocycles. The summed E-state index contributed by atoms with van der Waals surface area (Å²) in [5.41, 5.74) is 4.48. The summed E-state index contributed by atoms with van der Waals surface area (Å²) in [4.78, 5) is 3.17. The molecule has 0 unspecified atom stereocenters. The summed E-state index contributed by atoms with van der Waals surface area (Å²) in [7, 11) is 0. The lowest BCUT2D eigenvalue weighted by atomic mass is 10.2. The fraction of sp³-hybridized carbons (Fsp3) is 0.250. The number of hydrogen-bond donors (Lipinski definition) is 1. The smallest absolute Gasteiger partial charge is 0.387 e. The van der Waals surface area contributed by atoms with Gasteiger partial charge in [0.2, 0.25) is 5.88 Å². The molecule has 1 heterocycles. The van der Waals surface area contributed by atoms with Crippen molar-refractivity contribution < 1.29 is 22.3 Å². The fourth-order valence-corrected chi connectivity index (χ4v) is 0.935. The highest BCUT2D eigenvalue weighted by atomic mass is 19.4. The van der Waals surface area contributed by atoms with Gasteiger partial charge >= 0.3 is 6.36 Å². The Morgan fingerprint density at radius 2 is 2.12 bits per heavy atom. The van der Waals surface area contributed by atoms with E-state index in [0.29, 0.717) is 0 Å². The summed E-state index contributed by atoms with van der Waals surface area (Å²) in [6.07, 6.45) is -4.99. The molecular formula is C8H5F4N3O. The number of anilines is 1. The van der Waals surface area contributed by atoms with Crippen molar-refractivity contribution >= 4 is 5.82 Å². The number of nitrogens with zero attached hydrogens (tertiary/aromatic N) is 2. The standard InChI is InChI=1S/C8H5F4N3O/c9-2-4-1-5(3-13)6(14)15-7(4)16-8(10,11)12/h1H,2H2,(H2,14,15). The molecule has 86 valence electrons. The SMILES string of the molecule is N#Cc1cc(CF)c(OC(F)(F)F)nc1N. The van der Waals surface area contributed by atoms with E-state index in [2.05, 4.69) is 9.72 Å². The molecule has 8 heteroatoms. The Hall–Kier alpha value is -2.04. The molecule has 0 spiro atoms. The van der Waals surface area contributed by atoms with Gasteiger partial charge in [-0.2, -0.15) is 10.2 Å². The quantitative estimate of drug-likeness (QED) is 0.794. The zero-order valence-corrected chi connectivity index (χ0v) is 7.68.